The van der Waals surface area contributed by atoms with Crippen molar-refractivity contribution in [3.63, 3.8) is 0 Å². The highest BCUT2D eigenvalue weighted by Crippen LogP contribution is 2.32. The molecular formula is C20H20N2O2S. The minimum atomic E-state index is -0.170. The molecule has 3 rings (SSSR count). The molecule has 0 aliphatic heterocycles. The maximum absolute atomic E-state index is 13.0. The van der Waals surface area contributed by atoms with Crippen LogP contribution < -0.4 is 5.32 Å². The Bertz CT molecular complexity index is 831. The molecular weight excluding hydrogens is 332 g/mol. The fraction of sp³-hybridized carbons (Fsp3) is 0.250. The molecule has 0 radical (unpaired) electrons. The minimum Gasteiger partial charge on any atom is -0.374 e. The Kier molecular flexibility index (Phi) is 5.34. The second-order valence-electron chi connectivity index (χ2n) is 5.89. The summed E-state index contributed by atoms with van der Waals surface area (Å²) in [7, 11) is 0. The fourth-order valence-electron chi connectivity index (χ4n) is 2.74. The Hall–Kier alpha value is -2.40. The first-order valence-electron chi connectivity index (χ1n) is 8.36. The van der Waals surface area contributed by atoms with Crippen molar-refractivity contribution in [2.45, 2.75) is 26.3 Å². The van der Waals surface area contributed by atoms with Crippen LogP contribution in [0.5, 0.6) is 0 Å². The van der Waals surface area contributed by atoms with E-state index in [1.165, 1.54) is 11.8 Å². The number of hydrogen-bond donors (Lipinski definition) is 1. The van der Waals surface area contributed by atoms with Crippen LogP contribution in [0.2, 0.25) is 0 Å². The summed E-state index contributed by atoms with van der Waals surface area (Å²) in [5.74, 6) is 0.446. The Morgan fingerprint density at radius 3 is 2.56 bits per heavy atom. The summed E-state index contributed by atoms with van der Waals surface area (Å²) in [4.78, 5) is 30.4. The van der Waals surface area contributed by atoms with Crippen molar-refractivity contribution in [2.75, 3.05) is 5.75 Å². The zero-order valence-corrected chi connectivity index (χ0v) is 15.1. The molecule has 1 aliphatic rings. The predicted octanol–water partition coefficient (Wildman–Crippen LogP) is 4.17. The molecule has 0 amide bonds. The lowest BCUT2D eigenvalue weighted by atomic mass is 9.96. The quantitative estimate of drug-likeness (QED) is 0.846. The van der Waals surface area contributed by atoms with Gasteiger partial charge in [0.25, 0.3) is 0 Å². The van der Waals surface area contributed by atoms with E-state index in [0.29, 0.717) is 16.2 Å². The first-order valence-corrected chi connectivity index (χ1v) is 9.35. The SMILES string of the molecule is CCCSC1=C(N[C@@H](C)c2ccccc2)C(=O)c2cccnc2C1=O. The number of thioether (sulfide) groups is 1. The van der Waals surface area contributed by atoms with Gasteiger partial charge in [0, 0.05) is 12.2 Å². The van der Waals surface area contributed by atoms with E-state index in [9.17, 15) is 9.59 Å². The van der Waals surface area contributed by atoms with Crippen LogP contribution in [0.15, 0.2) is 59.3 Å². The van der Waals surface area contributed by atoms with Gasteiger partial charge in [0.05, 0.1) is 10.5 Å². The first-order chi connectivity index (χ1) is 12.1. The third-order valence-corrected chi connectivity index (χ3v) is 5.33. The number of allylic oxidation sites excluding steroid dienone is 2. The molecule has 5 heteroatoms. The molecule has 0 saturated heterocycles. The van der Waals surface area contributed by atoms with E-state index >= 15 is 0 Å². The van der Waals surface area contributed by atoms with Gasteiger partial charge < -0.3 is 5.32 Å². The van der Waals surface area contributed by atoms with Gasteiger partial charge in [-0.2, -0.15) is 0 Å². The van der Waals surface area contributed by atoms with E-state index in [4.69, 9.17) is 0 Å². The van der Waals surface area contributed by atoms with Crippen LogP contribution in [0.3, 0.4) is 0 Å². The smallest absolute Gasteiger partial charge is 0.220 e. The number of nitrogens with one attached hydrogen (secondary N) is 1. The van der Waals surface area contributed by atoms with E-state index in [1.54, 1.807) is 18.3 Å². The standard InChI is InChI=1S/C20H20N2O2S/c1-3-12-25-20-17(22-13(2)14-8-5-4-6-9-14)18(23)15-10-7-11-21-16(15)19(20)24/h4-11,13,22H,3,12H2,1-2H3/t13-/m0/s1. The van der Waals surface area contributed by atoms with Gasteiger partial charge in [-0.15, -0.1) is 11.8 Å². The number of rotatable bonds is 6. The maximum atomic E-state index is 13.0. The van der Waals surface area contributed by atoms with Gasteiger partial charge >= 0.3 is 0 Å². The third kappa shape index (κ3) is 3.51. The summed E-state index contributed by atoms with van der Waals surface area (Å²) < 4.78 is 0. The molecule has 1 aliphatic carbocycles. The maximum Gasteiger partial charge on any atom is 0.220 e. The molecule has 1 aromatic heterocycles. The van der Waals surface area contributed by atoms with Crippen LogP contribution in [0.4, 0.5) is 0 Å². The van der Waals surface area contributed by atoms with Crippen molar-refractivity contribution >= 4 is 23.3 Å². The number of benzene rings is 1. The van der Waals surface area contributed by atoms with E-state index in [2.05, 4.69) is 17.2 Å². The number of ketones is 2. The Balaban J connectivity index is 1.99. The number of hydrogen-bond acceptors (Lipinski definition) is 5. The highest BCUT2D eigenvalue weighted by molar-refractivity contribution is 8.04. The van der Waals surface area contributed by atoms with Gasteiger partial charge in [0.2, 0.25) is 11.6 Å². The Morgan fingerprint density at radius 1 is 1.08 bits per heavy atom. The zero-order valence-electron chi connectivity index (χ0n) is 14.3. The lowest BCUT2D eigenvalue weighted by Crippen LogP contribution is -2.32. The topological polar surface area (TPSA) is 59.1 Å². The van der Waals surface area contributed by atoms with Crippen molar-refractivity contribution in [1.29, 1.82) is 0 Å². The summed E-state index contributed by atoms with van der Waals surface area (Å²) in [6, 6.07) is 13.1. The largest absolute Gasteiger partial charge is 0.374 e. The summed E-state index contributed by atoms with van der Waals surface area (Å²) in [5.41, 5.74) is 2.08. The average Bonchev–Trinajstić information content (AvgIpc) is 2.66. The van der Waals surface area contributed by atoms with Crippen LogP contribution in [-0.2, 0) is 0 Å². The normalized spacial score (nSPS) is 15.1. The van der Waals surface area contributed by atoms with Gasteiger partial charge in [0.15, 0.2) is 0 Å². The number of aromatic nitrogens is 1. The van der Waals surface area contributed by atoms with Gasteiger partial charge in [0.1, 0.15) is 11.4 Å². The molecule has 2 aromatic rings. The second-order valence-corrected chi connectivity index (χ2v) is 6.99. The second kappa shape index (κ2) is 7.66. The molecule has 0 bridgehead atoms. The van der Waals surface area contributed by atoms with E-state index in [1.807, 2.05) is 37.3 Å². The number of carbonyl (C=O) groups is 2. The number of Topliss-reactive ketones (excluding diaryl/α,β-unsaturated/α-hetero) is 2. The summed E-state index contributed by atoms with van der Waals surface area (Å²) in [5, 5.41) is 3.28. The van der Waals surface area contributed by atoms with Crippen LogP contribution in [0, 0.1) is 0 Å². The van der Waals surface area contributed by atoms with E-state index in [-0.39, 0.29) is 23.3 Å². The predicted molar refractivity (Wildman–Crippen MR) is 101 cm³/mol. The number of fused-ring (bicyclic) bond motifs is 1. The van der Waals surface area contributed by atoms with E-state index < -0.39 is 0 Å². The first kappa shape index (κ1) is 17.4. The molecule has 1 atom stereocenters. The lowest BCUT2D eigenvalue weighted by Gasteiger charge is -2.24. The molecule has 128 valence electrons. The van der Waals surface area contributed by atoms with Crippen LogP contribution in [-0.4, -0.2) is 22.3 Å². The molecule has 1 aromatic carbocycles. The van der Waals surface area contributed by atoms with Crippen molar-refractivity contribution in [3.8, 4) is 0 Å². The molecule has 1 N–H and O–H groups in total. The van der Waals surface area contributed by atoms with Crippen molar-refractivity contribution in [2.24, 2.45) is 0 Å². The summed E-state index contributed by atoms with van der Waals surface area (Å²) >= 11 is 1.42. The molecule has 0 spiro atoms. The van der Waals surface area contributed by atoms with Crippen molar-refractivity contribution in [3.05, 3.63) is 76.1 Å². The molecule has 0 unspecified atom stereocenters. The van der Waals surface area contributed by atoms with Gasteiger partial charge in [-0.3, -0.25) is 14.6 Å². The summed E-state index contributed by atoms with van der Waals surface area (Å²) in [6.07, 6.45) is 2.48. The fourth-order valence-corrected chi connectivity index (χ4v) is 3.67. The van der Waals surface area contributed by atoms with Crippen LogP contribution in [0.1, 0.15) is 52.7 Å². The molecule has 25 heavy (non-hydrogen) atoms. The highest BCUT2D eigenvalue weighted by atomic mass is 32.2. The number of nitrogens with zero attached hydrogens (tertiary/aromatic N) is 1. The number of pyridine rings is 1. The average molecular weight is 352 g/mol. The number of carbonyl (C=O) groups excluding carboxylic acids is 2. The van der Waals surface area contributed by atoms with Crippen molar-refractivity contribution in [1.82, 2.24) is 10.3 Å². The Labute approximate surface area is 151 Å². The molecule has 0 fully saturated rings. The third-order valence-electron chi connectivity index (χ3n) is 4.04. The molecule has 1 heterocycles. The van der Waals surface area contributed by atoms with E-state index in [0.717, 1.165) is 17.7 Å². The molecule has 4 nitrogen and oxygen atoms in total. The van der Waals surface area contributed by atoms with Gasteiger partial charge in [-0.1, -0.05) is 37.3 Å². The highest BCUT2D eigenvalue weighted by Gasteiger charge is 2.34. The van der Waals surface area contributed by atoms with Gasteiger partial charge in [-0.25, -0.2) is 0 Å². The van der Waals surface area contributed by atoms with Crippen LogP contribution in [0.25, 0.3) is 0 Å². The molecule has 0 saturated carbocycles. The minimum absolute atomic E-state index is 0.0802. The lowest BCUT2D eigenvalue weighted by molar-refractivity contribution is 0.0970. The van der Waals surface area contributed by atoms with Crippen molar-refractivity contribution < 1.29 is 9.59 Å². The monoisotopic (exact) mass is 352 g/mol. The van der Waals surface area contributed by atoms with Gasteiger partial charge in [-0.05, 0) is 36.8 Å². The Morgan fingerprint density at radius 2 is 1.84 bits per heavy atom. The van der Waals surface area contributed by atoms with Crippen LogP contribution >= 0.6 is 11.8 Å². The summed E-state index contributed by atoms with van der Waals surface area (Å²) in [6.45, 7) is 4.04. The zero-order chi connectivity index (χ0) is 17.8.